The predicted molar refractivity (Wildman–Crippen MR) is 76.5 cm³/mol. The van der Waals surface area contributed by atoms with Gasteiger partial charge in [0.05, 0.1) is 5.02 Å². The van der Waals surface area contributed by atoms with E-state index in [2.05, 4.69) is 0 Å². The Kier molecular flexibility index (Phi) is 3.93. The molecule has 1 heterocycles. The number of hydrogen-bond acceptors (Lipinski definition) is 3. The van der Waals surface area contributed by atoms with Gasteiger partial charge in [-0.25, -0.2) is 8.42 Å². The number of nitrogens with two attached hydrogens (primary N) is 1. The molecule has 2 rings (SSSR count). The summed E-state index contributed by atoms with van der Waals surface area (Å²) in [6.07, 6.45) is 1.75. The maximum Gasteiger partial charge on any atom is 0.245 e. The number of sulfonamides is 1. The minimum atomic E-state index is -3.54. The fourth-order valence-electron chi connectivity index (χ4n) is 2.53. The Labute approximate surface area is 119 Å². The SMILES string of the molecule is CC1(C)CCCN1S(=O)(=O)c1ccc(CN)cc1Cl. The van der Waals surface area contributed by atoms with Gasteiger partial charge in [0, 0.05) is 18.6 Å². The molecule has 1 aliphatic heterocycles. The van der Waals surface area contributed by atoms with E-state index < -0.39 is 10.0 Å². The minimum absolute atomic E-state index is 0.168. The van der Waals surface area contributed by atoms with Crippen LogP contribution in [0.1, 0.15) is 32.3 Å². The molecule has 19 heavy (non-hydrogen) atoms. The maximum absolute atomic E-state index is 12.7. The highest BCUT2D eigenvalue weighted by Crippen LogP contribution is 2.36. The van der Waals surface area contributed by atoms with E-state index in [1.54, 1.807) is 22.5 Å². The van der Waals surface area contributed by atoms with Gasteiger partial charge in [0.2, 0.25) is 10.0 Å². The van der Waals surface area contributed by atoms with Gasteiger partial charge in [-0.15, -0.1) is 0 Å². The number of rotatable bonds is 3. The first kappa shape index (κ1) is 14.8. The zero-order valence-corrected chi connectivity index (χ0v) is 12.8. The first-order valence-corrected chi connectivity index (χ1v) is 8.12. The van der Waals surface area contributed by atoms with E-state index >= 15 is 0 Å². The monoisotopic (exact) mass is 302 g/mol. The van der Waals surface area contributed by atoms with E-state index in [4.69, 9.17) is 17.3 Å². The van der Waals surface area contributed by atoms with E-state index in [1.807, 2.05) is 13.8 Å². The van der Waals surface area contributed by atoms with E-state index in [0.29, 0.717) is 13.1 Å². The van der Waals surface area contributed by atoms with Gasteiger partial charge in [-0.1, -0.05) is 17.7 Å². The van der Waals surface area contributed by atoms with E-state index in [-0.39, 0.29) is 15.5 Å². The molecule has 0 aromatic heterocycles. The van der Waals surface area contributed by atoms with Gasteiger partial charge in [0.25, 0.3) is 0 Å². The second-order valence-corrected chi connectivity index (χ2v) is 7.70. The minimum Gasteiger partial charge on any atom is -0.326 e. The Morgan fingerprint density at radius 2 is 2.11 bits per heavy atom. The van der Waals surface area contributed by atoms with Crippen molar-refractivity contribution in [2.24, 2.45) is 5.73 Å². The molecule has 0 amide bonds. The topological polar surface area (TPSA) is 63.4 Å². The molecule has 0 atom stereocenters. The Morgan fingerprint density at radius 1 is 1.42 bits per heavy atom. The van der Waals surface area contributed by atoms with Crippen molar-refractivity contribution in [2.75, 3.05) is 6.54 Å². The highest BCUT2D eigenvalue weighted by molar-refractivity contribution is 7.89. The zero-order valence-electron chi connectivity index (χ0n) is 11.2. The smallest absolute Gasteiger partial charge is 0.245 e. The maximum atomic E-state index is 12.7. The fraction of sp³-hybridized carbons (Fsp3) is 0.538. The first-order valence-electron chi connectivity index (χ1n) is 6.30. The van der Waals surface area contributed by atoms with Crippen molar-refractivity contribution in [3.05, 3.63) is 28.8 Å². The number of hydrogen-bond donors (Lipinski definition) is 1. The number of halogens is 1. The molecule has 0 spiro atoms. The molecule has 0 bridgehead atoms. The molecular weight excluding hydrogens is 284 g/mol. The summed E-state index contributed by atoms with van der Waals surface area (Å²) in [6.45, 7) is 4.78. The van der Waals surface area contributed by atoms with E-state index in [0.717, 1.165) is 18.4 Å². The lowest BCUT2D eigenvalue weighted by molar-refractivity contribution is 0.292. The lowest BCUT2D eigenvalue weighted by Crippen LogP contribution is -2.42. The summed E-state index contributed by atoms with van der Waals surface area (Å²) in [5.74, 6) is 0. The van der Waals surface area contributed by atoms with Crippen LogP contribution >= 0.6 is 11.6 Å². The molecule has 1 aromatic carbocycles. The summed E-state index contributed by atoms with van der Waals surface area (Å²) in [6, 6.07) is 4.88. The van der Waals surface area contributed by atoms with Crippen LogP contribution in [0.2, 0.25) is 5.02 Å². The Balaban J connectivity index is 2.46. The van der Waals surface area contributed by atoms with Crippen LogP contribution in [0.15, 0.2) is 23.1 Å². The number of benzene rings is 1. The second kappa shape index (κ2) is 5.05. The molecule has 1 saturated heterocycles. The Hall–Kier alpha value is -0.620. The molecule has 0 aliphatic carbocycles. The molecule has 2 N–H and O–H groups in total. The van der Waals surface area contributed by atoms with Gasteiger partial charge >= 0.3 is 0 Å². The standard InChI is InChI=1S/C13H19ClN2O2S/c1-13(2)6-3-7-16(13)19(17,18)12-5-4-10(9-15)8-11(12)14/h4-5,8H,3,6-7,9,15H2,1-2H3. The molecule has 1 fully saturated rings. The average molecular weight is 303 g/mol. The molecule has 0 unspecified atom stereocenters. The van der Waals surface area contributed by atoms with Crippen LogP contribution in [0.4, 0.5) is 0 Å². The molecule has 0 radical (unpaired) electrons. The Morgan fingerprint density at radius 3 is 2.58 bits per heavy atom. The summed E-state index contributed by atoms with van der Waals surface area (Å²) in [4.78, 5) is 0.168. The van der Waals surface area contributed by atoms with Gasteiger partial charge < -0.3 is 5.73 Å². The van der Waals surface area contributed by atoms with Crippen LogP contribution in [0, 0.1) is 0 Å². The van der Waals surface area contributed by atoms with Crippen LogP contribution in [0.25, 0.3) is 0 Å². The largest absolute Gasteiger partial charge is 0.326 e. The summed E-state index contributed by atoms with van der Waals surface area (Å²) < 4.78 is 26.9. The number of nitrogens with zero attached hydrogens (tertiary/aromatic N) is 1. The Bertz CT molecular complexity index is 584. The predicted octanol–water partition coefficient (Wildman–Crippen LogP) is 2.36. The highest BCUT2D eigenvalue weighted by Gasteiger charge is 2.41. The fourth-order valence-corrected chi connectivity index (χ4v) is 4.92. The normalized spacial score (nSPS) is 19.8. The molecule has 106 valence electrons. The van der Waals surface area contributed by atoms with Crippen molar-refractivity contribution in [3.8, 4) is 0 Å². The first-order chi connectivity index (χ1) is 8.79. The summed E-state index contributed by atoms with van der Waals surface area (Å²) >= 11 is 6.10. The van der Waals surface area contributed by atoms with Crippen molar-refractivity contribution >= 4 is 21.6 Å². The van der Waals surface area contributed by atoms with Gasteiger partial charge in [-0.2, -0.15) is 4.31 Å². The van der Waals surface area contributed by atoms with Crippen LogP contribution in [0.3, 0.4) is 0 Å². The summed E-state index contributed by atoms with van der Waals surface area (Å²) in [5, 5.41) is 0.241. The van der Waals surface area contributed by atoms with Crippen LogP contribution in [-0.4, -0.2) is 24.8 Å². The van der Waals surface area contributed by atoms with Crippen molar-refractivity contribution in [1.29, 1.82) is 0 Å². The molecule has 0 saturated carbocycles. The molecule has 4 nitrogen and oxygen atoms in total. The van der Waals surface area contributed by atoms with Gasteiger partial charge in [0.1, 0.15) is 4.90 Å². The third-order valence-corrected chi connectivity index (χ3v) is 6.22. The third-order valence-electron chi connectivity index (χ3n) is 3.62. The summed E-state index contributed by atoms with van der Waals surface area (Å²) in [5.41, 5.74) is 6.00. The lowest BCUT2D eigenvalue weighted by atomic mass is 10.0. The van der Waals surface area contributed by atoms with Crippen molar-refractivity contribution in [1.82, 2.24) is 4.31 Å². The quantitative estimate of drug-likeness (QED) is 0.932. The zero-order chi connectivity index (χ0) is 14.3. The summed E-state index contributed by atoms with van der Waals surface area (Å²) in [7, 11) is -3.54. The second-order valence-electron chi connectivity index (χ2n) is 5.46. The van der Waals surface area contributed by atoms with E-state index in [1.165, 1.54) is 0 Å². The van der Waals surface area contributed by atoms with Gasteiger partial charge in [0.15, 0.2) is 0 Å². The highest BCUT2D eigenvalue weighted by atomic mass is 35.5. The van der Waals surface area contributed by atoms with Crippen LogP contribution < -0.4 is 5.73 Å². The van der Waals surface area contributed by atoms with E-state index in [9.17, 15) is 8.42 Å². The lowest BCUT2D eigenvalue weighted by Gasteiger charge is -2.30. The van der Waals surface area contributed by atoms with Crippen LogP contribution in [0.5, 0.6) is 0 Å². The third kappa shape index (κ3) is 2.65. The van der Waals surface area contributed by atoms with Crippen LogP contribution in [-0.2, 0) is 16.6 Å². The van der Waals surface area contributed by atoms with Crippen molar-refractivity contribution in [2.45, 2.75) is 43.7 Å². The molecule has 1 aliphatic rings. The van der Waals surface area contributed by atoms with Crippen molar-refractivity contribution in [3.63, 3.8) is 0 Å². The van der Waals surface area contributed by atoms with Gasteiger partial charge in [-0.05, 0) is 44.4 Å². The molecular formula is C13H19ClN2O2S. The van der Waals surface area contributed by atoms with Gasteiger partial charge in [-0.3, -0.25) is 0 Å². The van der Waals surface area contributed by atoms with Crippen molar-refractivity contribution < 1.29 is 8.42 Å². The molecule has 1 aromatic rings. The molecule has 6 heteroatoms. The average Bonchev–Trinajstić information content (AvgIpc) is 2.69.